The van der Waals surface area contributed by atoms with Gasteiger partial charge in [-0.2, -0.15) is 0 Å². The first kappa shape index (κ1) is 25.6. The highest BCUT2D eigenvalue weighted by molar-refractivity contribution is 4.93. The maximum absolute atomic E-state index is 10.3. The Labute approximate surface area is 162 Å². The van der Waals surface area contributed by atoms with Crippen molar-refractivity contribution in [3.63, 3.8) is 0 Å². The van der Waals surface area contributed by atoms with Crippen LogP contribution >= 0.6 is 0 Å². The summed E-state index contributed by atoms with van der Waals surface area (Å²) in [5, 5.41) is 80.1. The summed E-state index contributed by atoms with van der Waals surface area (Å²) < 4.78 is 15.7. The van der Waals surface area contributed by atoms with Gasteiger partial charge in [0.1, 0.15) is 42.7 Å². The van der Waals surface area contributed by atoms with Gasteiger partial charge in [-0.3, -0.25) is 0 Å². The summed E-state index contributed by atoms with van der Waals surface area (Å²) in [7, 11) is 1.54. The van der Waals surface area contributed by atoms with Gasteiger partial charge in [-0.25, -0.2) is 0 Å². The van der Waals surface area contributed by atoms with Crippen molar-refractivity contribution >= 4 is 0 Å². The van der Waals surface area contributed by atoms with Crippen molar-refractivity contribution in [3.05, 3.63) is 0 Å². The maximum Gasteiger partial charge on any atom is 0.176 e. The lowest BCUT2D eigenvalue weighted by molar-refractivity contribution is -0.278. The van der Waals surface area contributed by atoms with Crippen LogP contribution < -0.4 is 5.32 Å². The quantitative estimate of drug-likeness (QED) is 0.130. The van der Waals surface area contributed by atoms with Gasteiger partial charge in [0.15, 0.2) is 6.29 Å². The molecule has 12 nitrogen and oxygen atoms in total. The highest BCUT2D eigenvalue weighted by atomic mass is 16.7. The predicted octanol–water partition coefficient (Wildman–Crippen LogP) is -5.13. The van der Waals surface area contributed by atoms with Gasteiger partial charge < -0.3 is 60.4 Å². The number of ether oxygens (including phenoxy) is 3. The fraction of sp³-hybridized carbons (Fsp3) is 1.00. The Bertz CT molecular complexity index is 418. The first-order valence-electron chi connectivity index (χ1n) is 9.07. The molecule has 0 amide bonds. The molecule has 28 heavy (non-hydrogen) atoms. The molecule has 0 aliphatic carbocycles. The molecule has 1 heterocycles. The zero-order valence-electron chi connectivity index (χ0n) is 15.7. The molecule has 12 heteroatoms. The van der Waals surface area contributed by atoms with Gasteiger partial charge >= 0.3 is 0 Å². The van der Waals surface area contributed by atoms with Gasteiger partial charge in [-0.15, -0.1) is 0 Å². The molecule has 1 saturated heterocycles. The van der Waals surface area contributed by atoms with Crippen LogP contribution in [0.4, 0.5) is 0 Å². The van der Waals surface area contributed by atoms with E-state index in [1.807, 2.05) is 0 Å². The minimum atomic E-state index is -1.82. The van der Waals surface area contributed by atoms with E-state index in [1.165, 1.54) is 7.11 Å². The molecule has 1 fully saturated rings. The fourth-order valence-electron chi connectivity index (χ4n) is 2.78. The van der Waals surface area contributed by atoms with Crippen LogP contribution in [0, 0.1) is 0 Å². The van der Waals surface area contributed by atoms with E-state index in [9.17, 15) is 35.7 Å². The fourth-order valence-corrected chi connectivity index (χ4v) is 2.78. The van der Waals surface area contributed by atoms with Crippen LogP contribution in [-0.4, -0.2) is 136 Å². The zero-order chi connectivity index (χ0) is 21.3. The highest BCUT2D eigenvalue weighted by Crippen LogP contribution is 2.22. The number of hydrogen-bond acceptors (Lipinski definition) is 12. The number of aliphatic hydroxyl groups excluding tert-OH is 8. The second kappa shape index (κ2) is 13.0. The number of nitrogens with one attached hydrogen (secondary N) is 1. The third-order valence-corrected chi connectivity index (χ3v) is 4.54. The molecule has 0 aromatic heterocycles. The smallest absolute Gasteiger partial charge is 0.176 e. The van der Waals surface area contributed by atoms with Gasteiger partial charge in [0.2, 0.25) is 0 Å². The molecule has 0 aromatic rings. The molecule has 1 aliphatic heterocycles. The van der Waals surface area contributed by atoms with Crippen molar-refractivity contribution in [2.45, 2.75) is 61.5 Å². The molecule has 1 aliphatic rings. The summed E-state index contributed by atoms with van der Waals surface area (Å²) in [6, 6.07) is -0.910. The molecule has 9 atom stereocenters. The van der Waals surface area contributed by atoms with Gasteiger partial charge in [0, 0.05) is 13.7 Å². The Morgan fingerprint density at radius 1 is 1.00 bits per heavy atom. The van der Waals surface area contributed by atoms with E-state index in [1.54, 1.807) is 0 Å². The van der Waals surface area contributed by atoms with E-state index in [2.05, 4.69) is 5.32 Å². The Kier molecular flexibility index (Phi) is 11.8. The second-order valence-corrected chi connectivity index (χ2v) is 6.66. The number of hydrogen-bond donors (Lipinski definition) is 9. The van der Waals surface area contributed by atoms with E-state index >= 15 is 0 Å². The average Bonchev–Trinajstić information content (AvgIpc) is 2.71. The molecule has 0 aromatic carbocycles. The first-order valence-corrected chi connectivity index (χ1v) is 9.07. The van der Waals surface area contributed by atoms with Crippen LogP contribution in [0.5, 0.6) is 0 Å². The largest absolute Gasteiger partial charge is 0.394 e. The van der Waals surface area contributed by atoms with E-state index in [-0.39, 0.29) is 0 Å². The molecule has 9 N–H and O–H groups in total. The molecule has 168 valence electrons. The van der Waals surface area contributed by atoms with Gasteiger partial charge in [-0.1, -0.05) is 0 Å². The monoisotopic (exact) mass is 415 g/mol. The molecule has 1 unspecified atom stereocenters. The minimum absolute atomic E-state index is 0.391. The molecule has 1 rings (SSSR count). The first-order chi connectivity index (χ1) is 13.3. The molecule has 0 radical (unpaired) electrons. The second-order valence-electron chi connectivity index (χ2n) is 6.66. The number of methoxy groups -OCH3 is 1. The normalized spacial score (nSPS) is 32.7. The standard InChI is InChI=1S/C16H33NO11/c1-26-4-2-3-17-11-15(25)14(24)10(6-19)28-16(11)27-7-9(21)13(23)12(22)8(20)5-18/h8-25H,2-7H2,1H3/t8-,9-,10-,11-,12-,13-,14-,15-,16?/m1/s1. The van der Waals surface area contributed by atoms with E-state index in [4.69, 9.17) is 19.3 Å². The van der Waals surface area contributed by atoms with Gasteiger partial charge in [-0.05, 0) is 13.0 Å². The molecular weight excluding hydrogens is 382 g/mol. The lowest BCUT2D eigenvalue weighted by Gasteiger charge is -2.42. The van der Waals surface area contributed by atoms with Crippen LogP contribution in [0.3, 0.4) is 0 Å². The Morgan fingerprint density at radius 3 is 2.21 bits per heavy atom. The van der Waals surface area contributed by atoms with Crippen LogP contribution in [0.25, 0.3) is 0 Å². The lowest BCUT2D eigenvalue weighted by atomic mass is 9.97. The summed E-state index contributed by atoms with van der Waals surface area (Å²) in [4.78, 5) is 0. The van der Waals surface area contributed by atoms with E-state index < -0.39 is 74.9 Å². The van der Waals surface area contributed by atoms with Crippen molar-refractivity contribution in [2.24, 2.45) is 0 Å². The van der Waals surface area contributed by atoms with Crippen LogP contribution in [-0.2, 0) is 14.2 Å². The molecular formula is C16H33NO11. The van der Waals surface area contributed by atoms with Crippen LogP contribution in [0.2, 0.25) is 0 Å². The topological polar surface area (TPSA) is 202 Å². The van der Waals surface area contributed by atoms with E-state index in [0.717, 1.165) is 0 Å². The van der Waals surface area contributed by atoms with Crippen molar-refractivity contribution in [1.82, 2.24) is 5.32 Å². The van der Waals surface area contributed by atoms with Crippen molar-refractivity contribution < 1.29 is 55.1 Å². The summed E-state index contributed by atoms with van der Waals surface area (Å²) in [6.45, 7) is -1.10. The Morgan fingerprint density at radius 2 is 1.64 bits per heavy atom. The summed E-state index contributed by atoms with van der Waals surface area (Å²) in [5.41, 5.74) is 0. The number of aliphatic hydroxyl groups is 8. The summed E-state index contributed by atoms with van der Waals surface area (Å²) in [5.74, 6) is 0. The maximum atomic E-state index is 10.3. The van der Waals surface area contributed by atoms with Crippen molar-refractivity contribution in [1.29, 1.82) is 0 Å². The van der Waals surface area contributed by atoms with Crippen LogP contribution in [0.1, 0.15) is 6.42 Å². The van der Waals surface area contributed by atoms with Gasteiger partial charge in [0.05, 0.1) is 25.9 Å². The molecule has 0 saturated carbocycles. The zero-order valence-corrected chi connectivity index (χ0v) is 15.7. The lowest BCUT2D eigenvalue weighted by Crippen LogP contribution is -2.64. The third-order valence-electron chi connectivity index (χ3n) is 4.54. The highest BCUT2D eigenvalue weighted by Gasteiger charge is 2.45. The van der Waals surface area contributed by atoms with Crippen LogP contribution in [0.15, 0.2) is 0 Å². The van der Waals surface area contributed by atoms with Gasteiger partial charge in [0.25, 0.3) is 0 Å². The average molecular weight is 415 g/mol. The summed E-state index contributed by atoms with van der Waals surface area (Å²) >= 11 is 0. The number of rotatable bonds is 13. The van der Waals surface area contributed by atoms with Crippen molar-refractivity contribution in [3.8, 4) is 0 Å². The Hall–Kier alpha value is -0.480. The predicted molar refractivity (Wildman–Crippen MR) is 93.1 cm³/mol. The van der Waals surface area contributed by atoms with Crippen molar-refractivity contribution in [2.75, 3.05) is 40.1 Å². The van der Waals surface area contributed by atoms with E-state index in [0.29, 0.717) is 19.6 Å². The SMILES string of the molecule is COCCCN[C@H]1C(OC[C@@H](O)[C@@H](O)[C@H](O)[C@H](O)CO)O[C@H](CO)[C@@H](O)[C@@H]1O. The third kappa shape index (κ3) is 7.09. The minimum Gasteiger partial charge on any atom is -0.394 e. The Balaban J connectivity index is 2.70. The molecule has 0 spiro atoms. The summed E-state index contributed by atoms with van der Waals surface area (Å²) in [6.07, 6.45) is -11.4. The molecule has 0 bridgehead atoms.